The number of alkyl halides is 1. The second kappa shape index (κ2) is 3.92. The van der Waals surface area contributed by atoms with Crippen molar-refractivity contribution in [2.75, 3.05) is 0 Å². The number of aromatic nitrogens is 1. The molecule has 0 N–H and O–H groups in total. The molecular formula is C9H9BFN. The molecule has 12 heavy (non-hydrogen) atoms. The summed E-state index contributed by atoms with van der Waals surface area (Å²) in [4.78, 5) is 4.04. The molecule has 1 atom stereocenters. The first kappa shape index (κ1) is 8.80. The van der Waals surface area contributed by atoms with Gasteiger partial charge in [0.2, 0.25) is 6.17 Å². The van der Waals surface area contributed by atoms with Crippen LogP contribution in [0.1, 0.15) is 11.9 Å². The molecule has 60 valence electrons. The molecule has 0 amide bonds. The quantitative estimate of drug-likeness (QED) is 0.462. The SMILES string of the molecule is C#CC(F)c1cccc(BC)n1. The molecule has 3 heteroatoms. The Balaban J connectivity index is 2.95. The van der Waals surface area contributed by atoms with Gasteiger partial charge in [0.15, 0.2) is 7.28 Å². The number of hydrogen-bond acceptors (Lipinski definition) is 1. The minimum Gasteiger partial charge on any atom is -0.264 e. The summed E-state index contributed by atoms with van der Waals surface area (Å²) in [6, 6.07) is 5.22. The largest absolute Gasteiger partial charge is 0.264 e. The normalized spacial score (nSPS) is 11.8. The fraction of sp³-hybridized carbons (Fsp3) is 0.222. The molecule has 0 spiro atoms. The highest BCUT2D eigenvalue weighted by molar-refractivity contribution is 6.50. The maximum Gasteiger partial charge on any atom is 0.202 e. The topological polar surface area (TPSA) is 12.9 Å². The lowest BCUT2D eigenvalue weighted by atomic mass is 9.77. The Bertz CT molecular complexity index is 306. The van der Waals surface area contributed by atoms with Crippen LogP contribution in [0.4, 0.5) is 4.39 Å². The molecule has 0 aliphatic carbocycles. The first-order valence-corrected chi connectivity index (χ1v) is 3.84. The minimum absolute atomic E-state index is 0.330. The van der Waals surface area contributed by atoms with Crippen LogP contribution in [0.5, 0.6) is 0 Å². The molecule has 0 saturated heterocycles. The van der Waals surface area contributed by atoms with Crippen molar-refractivity contribution in [3.63, 3.8) is 0 Å². The molecule has 0 aliphatic rings. The van der Waals surface area contributed by atoms with Gasteiger partial charge in [0.25, 0.3) is 0 Å². The van der Waals surface area contributed by atoms with Crippen LogP contribution in [-0.2, 0) is 0 Å². The second-order valence-electron chi connectivity index (χ2n) is 2.44. The molecular weight excluding hydrogens is 152 g/mol. The van der Waals surface area contributed by atoms with Crippen LogP contribution in [0.15, 0.2) is 18.2 Å². The summed E-state index contributed by atoms with van der Waals surface area (Å²) in [5.41, 5.74) is 1.20. The van der Waals surface area contributed by atoms with Gasteiger partial charge in [-0.05, 0) is 11.7 Å². The fourth-order valence-electron chi connectivity index (χ4n) is 0.922. The zero-order valence-corrected chi connectivity index (χ0v) is 6.92. The third-order valence-electron chi connectivity index (χ3n) is 1.60. The third-order valence-corrected chi connectivity index (χ3v) is 1.60. The predicted octanol–water partition coefficient (Wildman–Crippen LogP) is 0.835. The lowest BCUT2D eigenvalue weighted by Crippen LogP contribution is -2.16. The number of halogens is 1. The zero-order chi connectivity index (χ0) is 8.97. The molecule has 0 saturated carbocycles. The van der Waals surface area contributed by atoms with Crippen molar-refractivity contribution in [3.05, 3.63) is 23.9 Å². The molecule has 1 aromatic heterocycles. The van der Waals surface area contributed by atoms with E-state index in [0.29, 0.717) is 5.69 Å². The van der Waals surface area contributed by atoms with E-state index < -0.39 is 6.17 Å². The summed E-state index contributed by atoms with van der Waals surface area (Å²) in [7, 11) is 0.797. The Morgan fingerprint density at radius 2 is 2.42 bits per heavy atom. The van der Waals surface area contributed by atoms with Gasteiger partial charge in [0, 0.05) is 0 Å². The third kappa shape index (κ3) is 1.85. The van der Waals surface area contributed by atoms with Gasteiger partial charge in [-0.15, -0.1) is 6.42 Å². The molecule has 1 aromatic rings. The molecule has 0 bridgehead atoms. The van der Waals surface area contributed by atoms with Crippen LogP contribution >= 0.6 is 0 Å². The van der Waals surface area contributed by atoms with E-state index in [4.69, 9.17) is 6.42 Å². The smallest absolute Gasteiger partial charge is 0.202 e. The van der Waals surface area contributed by atoms with Gasteiger partial charge in [0.05, 0.1) is 5.69 Å². The van der Waals surface area contributed by atoms with E-state index in [0.717, 1.165) is 12.9 Å². The lowest BCUT2D eigenvalue weighted by Gasteiger charge is -2.01. The summed E-state index contributed by atoms with van der Waals surface area (Å²) in [5, 5.41) is 0. The molecule has 1 rings (SSSR count). The van der Waals surface area contributed by atoms with Crippen molar-refractivity contribution in [2.45, 2.75) is 13.0 Å². The maximum absolute atomic E-state index is 12.9. The van der Waals surface area contributed by atoms with Crippen molar-refractivity contribution in [1.82, 2.24) is 4.98 Å². The molecule has 0 radical (unpaired) electrons. The van der Waals surface area contributed by atoms with E-state index in [1.807, 2.05) is 18.8 Å². The van der Waals surface area contributed by atoms with E-state index in [1.54, 1.807) is 12.1 Å². The zero-order valence-electron chi connectivity index (χ0n) is 6.92. The van der Waals surface area contributed by atoms with Crippen LogP contribution < -0.4 is 5.59 Å². The van der Waals surface area contributed by atoms with Gasteiger partial charge >= 0.3 is 0 Å². The van der Waals surface area contributed by atoms with Gasteiger partial charge in [-0.3, -0.25) is 4.98 Å². The highest BCUT2D eigenvalue weighted by Gasteiger charge is 2.06. The van der Waals surface area contributed by atoms with Gasteiger partial charge < -0.3 is 0 Å². The number of rotatable bonds is 2. The number of hydrogen-bond donors (Lipinski definition) is 0. The molecule has 1 nitrogen and oxygen atoms in total. The van der Waals surface area contributed by atoms with Crippen LogP contribution in [0.25, 0.3) is 0 Å². The van der Waals surface area contributed by atoms with Gasteiger partial charge in [0.1, 0.15) is 0 Å². The highest BCUT2D eigenvalue weighted by Crippen LogP contribution is 2.10. The molecule has 0 aromatic carbocycles. The number of pyridine rings is 1. The van der Waals surface area contributed by atoms with Crippen LogP contribution in [0.2, 0.25) is 6.82 Å². The van der Waals surface area contributed by atoms with Crippen LogP contribution in [0.3, 0.4) is 0 Å². The second-order valence-corrected chi connectivity index (χ2v) is 2.44. The van der Waals surface area contributed by atoms with E-state index >= 15 is 0 Å². The van der Waals surface area contributed by atoms with Crippen LogP contribution in [-0.4, -0.2) is 12.3 Å². The Hall–Kier alpha value is -1.30. The first-order valence-electron chi connectivity index (χ1n) is 3.84. The summed E-state index contributed by atoms with van der Waals surface area (Å²) < 4.78 is 12.9. The van der Waals surface area contributed by atoms with Crippen molar-refractivity contribution >= 4 is 12.9 Å². The Kier molecular flexibility index (Phi) is 2.87. The van der Waals surface area contributed by atoms with Gasteiger partial charge in [-0.1, -0.05) is 24.9 Å². The number of nitrogens with zero attached hydrogens (tertiary/aromatic N) is 1. The highest BCUT2D eigenvalue weighted by atomic mass is 19.1. The van der Waals surface area contributed by atoms with Crippen molar-refractivity contribution in [1.29, 1.82) is 0 Å². The van der Waals surface area contributed by atoms with E-state index in [9.17, 15) is 4.39 Å². The van der Waals surface area contributed by atoms with Gasteiger partial charge in [-0.25, -0.2) is 4.39 Å². The van der Waals surface area contributed by atoms with E-state index in [1.165, 1.54) is 0 Å². The summed E-state index contributed by atoms with van der Waals surface area (Å²) >= 11 is 0. The van der Waals surface area contributed by atoms with Crippen molar-refractivity contribution < 1.29 is 4.39 Å². The average Bonchev–Trinajstić information content (AvgIpc) is 2.17. The maximum atomic E-state index is 12.9. The first-order chi connectivity index (χ1) is 5.77. The molecule has 1 heterocycles. The fourth-order valence-corrected chi connectivity index (χ4v) is 0.922. The monoisotopic (exact) mass is 161 g/mol. The molecule has 0 aliphatic heterocycles. The van der Waals surface area contributed by atoms with Crippen LogP contribution in [0, 0.1) is 12.3 Å². The standard InChI is InChI=1S/C9H9BFN/c1-3-7(11)8-5-4-6-9(10-2)12-8/h1,4-7,10H,2H3. The molecule has 0 fully saturated rings. The summed E-state index contributed by atoms with van der Waals surface area (Å²) in [6.07, 6.45) is 3.55. The summed E-state index contributed by atoms with van der Waals surface area (Å²) in [5.74, 6) is 2.00. The Labute approximate surface area is 72.3 Å². The predicted molar refractivity (Wildman–Crippen MR) is 49.6 cm³/mol. The Morgan fingerprint density at radius 1 is 1.67 bits per heavy atom. The van der Waals surface area contributed by atoms with Gasteiger partial charge in [-0.2, -0.15) is 0 Å². The summed E-state index contributed by atoms with van der Waals surface area (Å²) in [6.45, 7) is 1.97. The van der Waals surface area contributed by atoms with Crippen molar-refractivity contribution in [2.24, 2.45) is 0 Å². The van der Waals surface area contributed by atoms with E-state index in [-0.39, 0.29) is 0 Å². The lowest BCUT2D eigenvalue weighted by molar-refractivity contribution is 0.420. The number of terminal acetylenes is 1. The average molecular weight is 161 g/mol. The minimum atomic E-state index is -1.38. The van der Waals surface area contributed by atoms with Crippen molar-refractivity contribution in [3.8, 4) is 12.3 Å². The van der Waals surface area contributed by atoms with E-state index in [2.05, 4.69) is 4.98 Å². The molecule has 1 unspecified atom stereocenters. The Morgan fingerprint density at radius 3 is 3.00 bits per heavy atom.